The fraction of sp³-hybridized carbons (Fsp3) is 0.571. The third kappa shape index (κ3) is 3.01. The number of aryl methyl sites for hydroxylation is 1. The summed E-state index contributed by atoms with van der Waals surface area (Å²) in [7, 11) is -3.11. The van der Waals surface area contributed by atoms with E-state index in [1.54, 1.807) is 0 Å². The number of hydrogen-bond acceptors (Lipinski definition) is 5. The van der Waals surface area contributed by atoms with Gasteiger partial charge in [-0.2, -0.15) is 0 Å². The molecule has 0 aliphatic carbocycles. The molecule has 0 radical (unpaired) electrons. The first kappa shape index (κ1) is 11.6. The molecule has 1 heterocycles. The highest BCUT2D eigenvalue weighted by atomic mass is 32.2. The van der Waals surface area contributed by atoms with Gasteiger partial charge < -0.3 is 10.1 Å². The van der Waals surface area contributed by atoms with Crippen LogP contribution >= 0.6 is 0 Å². The van der Waals surface area contributed by atoms with Crippen molar-refractivity contribution < 1.29 is 13.3 Å². The second-order valence-electron chi connectivity index (χ2n) is 2.91. The monoisotopic (exact) mass is 233 g/mol. The number of imidazole rings is 1. The summed E-state index contributed by atoms with van der Waals surface area (Å²) >= 11 is 0. The van der Waals surface area contributed by atoms with E-state index in [1.807, 2.05) is 0 Å². The number of aromatic nitrogens is 2. The third-order valence-electron chi connectivity index (χ3n) is 1.94. The molecule has 0 amide bonds. The van der Waals surface area contributed by atoms with E-state index in [4.69, 9.17) is 0 Å². The van der Waals surface area contributed by atoms with Gasteiger partial charge in [0.15, 0.2) is 9.84 Å². The summed E-state index contributed by atoms with van der Waals surface area (Å²) in [5.74, 6) is -0.405. The molecule has 84 valence electrons. The van der Waals surface area contributed by atoms with Crippen molar-refractivity contribution in [3.63, 3.8) is 0 Å². The maximum atomic E-state index is 11.2. The van der Waals surface area contributed by atoms with Crippen molar-refractivity contribution in [3.8, 4) is 0 Å². The van der Waals surface area contributed by atoms with E-state index in [1.165, 1.54) is 23.9 Å². The van der Waals surface area contributed by atoms with E-state index in [2.05, 4.69) is 4.98 Å². The zero-order chi connectivity index (χ0) is 11.5. The molecular weight excluding hydrogens is 222 g/mol. The summed E-state index contributed by atoms with van der Waals surface area (Å²) < 4.78 is 23.6. The lowest BCUT2D eigenvalue weighted by Gasteiger charge is -2.01. The predicted molar refractivity (Wildman–Crippen MR) is 53.2 cm³/mol. The summed E-state index contributed by atoms with van der Waals surface area (Å²) in [6, 6.07) is 0. The Hall–Kier alpha value is -1.44. The lowest BCUT2D eigenvalue weighted by molar-refractivity contribution is -0.396. The summed E-state index contributed by atoms with van der Waals surface area (Å²) in [6.45, 7) is 1.60. The van der Waals surface area contributed by atoms with Crippen molar-refractivity contribution in [1.29, 1.82) is 0 Å². The standard InChI is InChI=1S/C7H11N3O4S/c1-2-15(13,14)6-5-9-4-3-8-7(9)10(11)12/h3-4H,2,5-6H2,1H3. The number of nitrogens with zero attached hydrogens (tertiary/aromatic N) is 3. The molecule has 0 bridgehead atoms. The molecule has 0 saturated heterocycles. The van der Waals surface area contributed by atoms with Crippen LogP contribution in [0.15, 0.2) is 12.4 Å². The van der Waals surface area contributed by atoms with Gasteiger partial charge in [-0.15, -0.1) is 0 Å². The van der Waals surface area contributed by atoms with Crippen LogP contribution in [0.2, 0.25) is 0 Å². The molecule has 0 saturated carbocycles. The van der Waals surface area contributed by atoms with Gasteiger partial charge in [0.1, 0.15) is 12.4 Å². The SMILES string of the molecule is CCS(=O)(=O)CCn1ccnc1[N+](=O)[O-]. The first-order chi connectivity index (χ1) is 6.96. The highest BCUT2D eigenvalue weighted by Crippen LogP contribution is 2.07. The maximum Gasteiger partial charge on any atom is 0.434 e. The molecule has 0 spiro atoms. The minimum absolute atomic E-state index is 0.0372. The van der Waals surface area contributed by atoms with Crippen molar-refractivity contribution in [2.45, 2.75) is 13.5 Å². The molecule has 1 aromatic rings. The van der Waals surface area contributed by atoms with Crippen molar-refractivity contribution in [2.24, 2.45) is 0 Å². The van der Waals surface area contributed by atoms with Crippen LogP contribution in [0.5, 0.6) is 0 Å². The molecule has 0 aromatic carbocycles. The van der Waals surface area contributed by atoms with E-state index in [0.717, 1.165) is 0 Å². The Morgan fingerprint density at radius 3 is 2.80 bits per heavy atom. The molecule has 15 heavy (non-hydrogen) atoms. The Labute approximate surface area is 86.8 Å². The summed E-state index contributed by atoms with van der Waals surface area (Å²) in [5, 5.41) is 10.4. The van der Waals surface area contributed by atoms with Gasteiger partial charge in [0.25, 0.3) is 0 Å². The molecule has 0 atom stereocenters. The van der Waals surface area contributed by atoms with Crippen LogP contribution in [-0.2, 0) is 16.4 Å². The Morgan fingerprint density at radius 1 is 1.60 bits per heavy atom. The van der Waals surface area contributed by atoms with Gasteiger partial charge in [0.2, 0.25) is 0 Å². The Morgan fingerprint density at radius 2 is 2.27 bits per heavy atom. The second-order valence-corrected chi connectivity index (χ2v) is 5.39. The second kappa shape index (κ2) is 4.39. The van der Waals surface area contributed by atoms with Gasteiger partial charge >= 0.3 is 5.95 Å². The topological polar surface area (TPSA) is 95.1 Å². The minimum Gasteiger partial charge on any atom is -0.390 e. The lowest BCUT2D eigenvalue weighted by Crippen LogP contribution is -2.15. The molecular formula is C7H11N3O4S. The van der Waals surface area contributed by atoms with E-state index < -0.39 is 14.8 Å². The normalized spacial score (nSPS) is 11.5. The molecule has 0 fully saturated rings. The van der Waals surface area contributed by atoms with Gasteiger partial charge in [-0.25, -0.2) is 13.0 Å². The summed E-state index contributed by atoms with van der Waals surface area (Å²) in [4.78, 5) is 13.3. The average Bonchev–Trinajstić information content (AvgIpc) is 2.63. The molecule has 0 N–H and O–H groups in total. The van der Waals surface area contributed by atoms with Crippen LogP contribution in [0, 0.1) is 10.1 Å². The van der Waals surface area contributed by atoms with Crippen LogP contribution in [0.4, 0.5) is 5.95 Å². The van der Waals surface area contributed by atoms with E-state index in [9.17, 15) is 18.5 Å². The van der Waals surface area contributed by atoms with Crippen LogP contribution in [-0.4, -0.2) is 34.4 Å². The van der Waals surface area contributed by atoms with Gasteiger partial charge in [-0.05, 0) is 4.92 Å². The molecule has 0 aliphatic rings. The molecule has 0 aliphatic heterocycles. The highest BCUT2D eigenvalue weighted by Gasteiger charge is 2.16. The van der Waals surface area contributed by atoms with Crippen molar-refractivity contribution in [1.82, 2.24) is 9.55 Å². The van der Waals surface area contributed by atoms with Gasteiger partial charge in [-0.3, -0.25) is 0 Å². The first-order valence-corrected chi connectivity index (χ1v) is 6.14. The first-order valence-electron chi connectivity index (χ1n) is 4.32. The van der Waals surface area contributed by atoms with Crippen LogP contribution in [0.3, 0.4) is 0 Å². The third-order valence-corrected chi connectivity index (χ3v) is 3.62. The largest absolute Gasteiger partial charge is 0.434 e. The molecule has 7 nitrogen and oxygen atoms in total. The zero-order valence-electron chi connectivity index (χ0n) is 8.16. The van der Waals surface area contributed by atoms with Crippen LogP contribution in [0.1, 0.15) is 6.92 Å². The van der Waals surface area contributed by atoms with Gasteiger partial charge in [-0.1, -0.05) is 11.9 Å². The Balaban J connectivity index is 2.74. The number of sulfone groups is 1. The molecule has 8 heteroatoms. The van der Waals surface area contributed by atoms with Crippen molar-refractivity contribution >= 4 is 15.8 Å². The van der Waals surface area contributed by atoms with Gasteiger partial charge in [0.05, 0.1) is 12.3 Å². The smallest absolute Gasteiger partial charge is 0.390 e. The number of nitro groups is 1. The van der Waals surface area contributed by atoms with Crippen molar-refractivity contribution in [3.05, 3.63) is 22.5 Å². The fourth-order valence-electron chi connectivity index (χ4n) is 1.03. The maximum absolute atomic E-state index is 11.2. The summed E-state index contributed by atoms with van der Waals surface area (Å²) in [6.07, 6.45) is 2.67. The molecule has 1 aromatic heterocycles. The average molecular weight is 233 g/mol. The van der Waals surface area contributed by atoms with Gasteiger partial charge in [0, 0.05) is 5.75 Å². The molecule has 1 rings (SSSR count). The summed E-state index contributed by atoms with van der Waals surface area (Å²) in [5.41, 5.74) is 0. The lowest BCUT2D eigenvalue weighted by atomic mass is 10.7. The van der Waals surface area contributed by atoms with E-state index in [-0.39, 0.29) is 24.0 Å². The Bertz CT molecular complexity index is 451. The highest BCUT2D eigenvalue weighted by molar-refractivity contribution is 7.91. The quantitative estimate of drug-likeness (QED) is 0.535. The Kier molecular flexibility index (Phi) is 3.40. The minimum atomic E-state index is -3.11. The van der Waals surface area contributed by atoms with E-state index >= 15 is 0 Å². The number of hydrogen-bond donors (Lipinski definition) is 0. The predicted octanol–water partition coefficient (Wildman–Crippen LogP) is 0.226. The van der Waals surface area contributed by atoms with Crippen LogP contribution < -0.4 is 0 Å². The zero-order valence-corrected chi connectivity index (χ0v) is 8.98. The van der Waals surface area contributed by atoms with Crippen LogP contribution in [0.25, 0.3) is 0 Å². The fourth-order valence-corrected chi connectivity index (χ4v) is 1.79. The number of rotatable bonds is 5. The van der Waals surface area contributed by atoms with E-state index in [0.29, 0.717) is 0 Å². The van der Waals surface area contributed by atoms with Crippen molar-refractivity contribution in [2.75, 3.05) is 11.5 Å². The molecule has 0 unspecified atom stereocenters.